The van der Waals surface area contributed by atoms with Gasteiger partial charge in [-0.05, 0) is 24.6 Å². The molecule has 0 saturated carbocycles. The van der Waals surface area contributed by atoms with E-state index in [0.717, 1.165) is 5.56 Å². The van der Waals surface area contributed by atoms with E-state index in [0.29, 0.717) is 23.0 Å². The number of amides is 1. The third kappa shape index (κ3) is 3.68. The Labute approximate surface area is 155 Å². The van der Waals surface area contributed by atoms with Crippen molar-refractivity contribution in [2.75, 3.05) is 32.1 Å². The summed E-state index contributed by atoms with van der Waals surface area (Å²) in [6.07, 6.45) is 0. The van der Waals surface area contributed by atoms with Crippen molar-refractivity contribution in [3.05, 3.63) is 40.9 Å². The summed E-state index contributed by atoms with van der Waals surface area (Å²) in [4.78, 5) is 26.1. The molecule has 27 heavy (non-hydrogen) atoms. The number of hydrogen-bond donors (Lipinski definition) is 2. The van der Waals surface area contributed by atoms with Gasteiger partial charge in [0.25, 0.3) is 5.91 Å². The smallest absolute Gasteiger partial charge is 0.337 e. The highest BCUT2D eigenvalue weighted by Crippen LogP contribution is 2.28. The number of ether oxygens (including phenoxy) is 1. The van der Waals surface area contributed by atoms with Gasteiger partial charge in [0.15, 0.2) is 0 Å². The summed E-state index contributed by atoms with van der Waals surface area (Å²) < 4.78 is 10.2. The van der Waals surface area contributed by atoms with Gasteiger partial charge >= 0.3 is 5.97 Å². The molecule has 2 aromatic rings. The van der Waals surface area contributed by atoms with Crippen LogP contribution in [0.4, 0.5) is 5.69 Å². The Bertz CT molecular complexity index is 918. The van der Waals surface area contributed by atoms with Crippen LogP contribution >= 0.6 is 0 Å². The monoisotopic (exact) mass is 372 g/mol. The molecule has 2 heterocycles. The van der Waals surface area contributed by atoms with Crippen LogP contribution in [0.25, 0.3) is 11.5 Å². The average molecular weight is 372 g/mol. The van der Waals surface area contributed by atoms with Crippen LogP contribution in [0.5, 0.6) is 0 Å². The summed E-state index contributed by atoms with van der Waals surface area (Å²) in [5.74, 6) is -0.158. The zero-order valence-electron chi connectivity index (χ0n) is 15.3. The van der Waals surface area contributed by atoms with E-state index in [-0.39, 0.29) is 36.9 Å². The van der Waals surface area contributed by atoms with Crippen molar-refractivity contribution in [1.29, 1.82) is 0 Å². The summed E-state index contributed by atoms with van der Waals surface area (Å²) in [6, 6.07) is 5.45. The van der Waals surface area contributed by atoms with Crippen molar-refractivity contribution < 1.29 is 23.8 Å². The maximum Gasteiger partial charge on any atom is 0.337 e. The second-order valence-corrected chi connectivity index (χ2v) is 6.08. The molecule has 1 aliphatic heterocycles. The van der Waals surface area contributed by atoms with Crippen molar-refractivity contribution in [3.63, 3.8) is 0 Å². The summed E-state index contributed by atoms with van der Waals surface area (Å²) in [5.41, 5.74) is 2.52. The highest BCUT2D eigenvalue weighted by atomic mass is 16.5. The fourth-order valence-corrected chi connectivity index (χ4v) is 2.79. The first kappa shape index (κ1) is 18.6. The van der Waals surface area contributed by atoms with E-state index >= 15 is 0 Å². The number of carbonyl (C=O) groups excluding carboxylic acids is 2. The number of aliphatic hydroxyl groups excluding tert-OH is 1. The Balaban J connectivity index is 1.96. The van der Waals surface area contributed by atoms with Gasteiger partial charge in [-0.1, -0.05) is 6.07 Å². The lowest BCUT2D eigenvalue weighted by Crippen LogP contribution is -2.31. The second-order valence-electron chi connectivity index (χ2n) is 6.08. The second kappa shape index (κ2) is 7.58. The molecule has 0 spiro atoms. The molecule has 1 amide bonds. The van der Waals surface area contributed by atoms with Gasteiger partial charge in [0, 0.05) is 24.7 Å². The van der Waals surface area contributed by atoms with Gasteiger partial charge in [-0.2, -0.15) is 0 Å². The fraction of sp³-hybridized carbons (Fsp3) is 0.333. The Morgan fingerprint density at radius 2 is 2.15 bits per heavy atom. The normalized spacial score (nSPS) is 14.1. The summed E-state index contributed by atoms with van der Waals surface area (Å²) in [6.45, 7) is 3.58. The molecule has 0 radical (unpaired) electrons. The van der Waals surface area contributed by atoms with Crippen molar-refractivity contribution in [3.8, 4) is 11.5 Å². The van der Waals surface area contributed by atoms with E-state index in [1.807, 2.05) is 19.1 Å². The number of hydrogen-bond acceptors (Lipinski definition) is 8. The van der Waals surface area contributed by atoms with Crippen LogP contribution < -0.4 is 5.32 Å². The largest absolute Gasteiger partial charge is 0.466 e. The van der Waals surface area contributed by atoms with Crippen molar-refractivity contribution in [2.45, 2.75) is 13.8 Å². The molecule has 0 saturated heterocycles. The number of carbonyl (C=O) groups is 2. The molecule has 2 N–H and O–H groups in total. The average Bonchev–Trinajstić information content (AvgIpc) is 3.22. The van der Waals surface area contributed by atoms with Gasteiger partial charge in [-0.3, -0.25) is 4.79 Å². The van der Waals surface area contributed by atoms with Crippen LogP contribution in [0.1, 0.15) is 11.5 Å². The third-order valence-electron chi connectivity index (χ3n) is 4.22. The predicted molar refractivity (Wildman–Crippen MR) is 95.5 cm³/mol. The van der Waals surface area contributed by atoms with Gasteiger partial charge in [0.1, 0.15) is 5.70 Å². The predicted octanol–water partition coefficient (Wildman–Crippen LogP) is 1.03. The number of aryl methyl sites for hydroxylation is 2. The van der Waals surface area contributed by atoms with Gasteiger partial charge in [0.05, 0.1) is 25.8 Å². The Kier molecular flexibility index (Phi) is 5.22. The van der Waals surface area contributed by atoms with E-state index in [4.69, 9.17) is 14.3 Å². The molecule has 9 nitrogen and oxygen atoms in total. The van der Waals surface area contributed by atoms with Crippen molar-refractivity contribution >= 4 is 17.6 Å². The number of aromatic nitrogens is 2. The Hall–Kier alpha value is -3.20. The standard InChI is InChI=1S/C18H20N4O5/c1-10-4-5-12(16-21-20-11(2)27-16)8-14(10)19-15-13(18(25)26-3)9-22(6-7-23)17(15)24/h4-5,8,19,23H,6-7,9H2,1-3H3. The van der Waals surface area contributed by atoms with Crippen LogP contribution in [0, 0.1) is 13.8 Å². The Morgan fingerprint density at radius 1 is 1.37 bits per heavy atom. The van der Waals surface area contributed by atoms with Crippen LogP contribution in [0.15, 0.2) is 33.9 Å². The van der Waals surface area contributed by atoms with E-state index in [1.165, 1.54) is 12.0 Å². The quantitative estimate of drug-likeness (QED) is 0.722. The Morgan fingerprint density at radius 3 is 2.78 bits per heavy atom. The number of esters is 1. The number of aliphatic hydroxyl groups is 1. The number of anilines is 1. The van der Waals surface area contributed by atoms with Crippen molar-refractivity contribution in [2.24, 2.45) is 0 Å². The number of nitrogens with zero attached hydrogens (tertiary/aromatic N) is 3. The SMILES string of the molecule is COC(=O)C1=C(Nc2cc(-c3nnc(C)o3)ccc2C)C(=O)N(CCO)C1. The summed E-state index contributed by atoms with van der Waals surface area (Å²) >= 11 is 0. The molecule has 3 rings (SSSR count). The van der Waals surface area contributed by atoms with Crippen LogP contribution in [-0.2, 0) is 14.3 Å². The van der Waals surface area contributed by atoms with Gasteiger partial charge in [-0.25, -0.2) is 4.79 Å². The maximum absolute atomic E-state index is 12.6. The molecule has 142 valence electrons. The first-order valence-electron chi connectivity index (χ1n) is 8.34. The van der Waals surface area contributed by atoms with E-state index in [2.05, 4.69) is 15.5 Å². The number of rotatable bonds is 6. The minimum atomic E-state index is -0.590. The molecule has 0 unspecified atom stereocenters. The molecule has 0 bridgehead atoms. The first-order valence-corrected chi connectivity index (χ1v) is 8.34. The minimum Gasteiger partial charge on any atom is -0.466 e. The van der Waals surface area contributed by atoms with Gasteiger partial charge in [-0.15, -0.1) is 10.2 Å². The number of β-amino-alcohol motifs (C(OH)–C–C–N with tert-alkyl or cyclic N) is 1. The van der Waals surface area contributed by atoms with Gasteiger partial charge in [0.2, 0.25) is 11.8 Å². The molecule has 9 heteroatoms. The molecule has 0 fully saturated rings. The number of methoxy groups -OCH3 is 1. The lowest BCUT2D eigenvalue weighted by Gasteiger charge is -2.15. The zero-order chi connectivity index (χ0) is 19.6. The van der Waals surface area contributed by atoms with E-state index < -0.39 is 5.97 Å². The highest BCUT2D eigenvalue weighted by Gasteiger charge is 2.34. The summed E-state index contributed by atoms with van der Waals surface area (Å²) in [7, 11) is 1.26. The molecule has 0 aliphatic carbocycles. The molecule has 1 aromatic carbocycles. The molecular weight excluding hydrogens is 352 g/mol. The van der Waals surface area contributed by atoms with E-state index in [9.17, 15) is 9.59 Å². The molecule has 0 atom stereocenters. The van der Waals surface area contributed by atoms with Crippen LogP contribution in [0.2, 0.25) is 0 Å². The molecular formula is C18H20N4O5. The lowest BCUT2D eigenvalue weighted by molar-refractivity contribution is -0.136. The fourth-order valence-electron chi connectivity index (χ4n) is 2.79. The van der Waals surface area contributed by atoms with E-state index in [1.54, 1.807) is 13.0 Å². The van der Waals surface area contributed by atoms with Gasteiger partial charge < -0.3 is 24.5 Å². The van der Waals surface area contributed by atoms with Crippen molar-refractivity contribution in [1.82, 2.24) is 15.1 Å². The van der Waals surface area contributed by atoms with Crippen LogP contribution in [-0.4, -0.2) is 58.9 Å². The maximum atomic E-state index is 12.6. The summed E-state index contributed by atoms with van der Waals surface area (Å²) in [5, 5.41) is 20.0. The highest BCUT2D eigenvalue weighted by molar-refractivity contribution is 6.08. The van der Waals surface area contributed by atoms with Crippen LogP contribution in [0.3, 0.4) is 0 Å². The zero-order valence-corrected chi connectivity index (χ0v) is 15.3. The molecule has 1 aliphatic rings. The first-order chi connectivity index (χ1) is 12.9. The third-order valence-corrected chi connectivity index (χ3v) is 4.22. The number of benzene rings is 1. The topological polar surface area (TPSA) is 118 Å². The lowest BCUT2D eigenvalue weighted by atomic mass is 10.1. The molecule has 1 aromatic heterocycles. The minimum absolute atomic E-state index is 0.0794. The number of nitrogens with one attached hydrogen (secondary N) is 1.